The van der Waals surface area contributed by atoms with Gasteiger partial charge in [-0.2, -0.15) is 26.3 Å². The molecule has 6 aromatic rings. The third-order valence-electron chi connectivity index (χ3n) is 8.06. The second-order valence-corrected chi connectivity index (χ2v) is 20.9. The Morgan fingerprint density at radius 1 is 0.339 bits per heavy atom. The maximum atomic E-state index is 10.7. The molecular formula is C40H32F6O6P2S2. The summed E-state index contributed by atoms with van der Waals surface area (Å²) in [7, 11) is -16.5. The lowest BCUT2D eigenvalue weighted by Crippen LogP contribution is -2.32. The van der Waals surface area contributed by atoms with E-state index in [1.807, 2.05) is 0 Å². The van der Waals surface area contributed by atoms with Gasteiger partial charge in [-0.15, -0.1) is 0 Å². The Labute approximate surface area is 322 Å². The molecule has 0 amide bonds. The smallest absolute Gasteiger partial charge is 0.485 e. The van der Waals surface area contributed by atoms with Gasteiger partial charge in [0.25, 0.3) is 0 Å². The van der Waals surface area contributed by atoms with E-state index in [0.29, 0.717) is 0 Å². The lowest BCUT2D eigenvalue weighted by Gasteiger charge is -2.27. The summed E-state index contributed by atoms with van der Waals surface area (Å²) in [5.41, 5.74) is -11.3. The van der Waals surface area contributed by atoms with E-state index in [2.05, 4.69) is 194 Å². The molecule has 0 fully saturated rings. The summed E-state index contributed by atoms with van der Waals surface area (Å²) in [6.45, 7) is 0. The van der Waals surface area contributed by atoms with Crippen LogP contribution >= 0.6 is 14.5 Å². The Bertz CT molecular complexity index is 2010. The molecule has 0 aliphatic carbocycles. The van der Waals surface area contributed by atoms with Crippen molar-refractivity contribution in [3.63, 3.8) is 0 Å². The van der Waals surface area contributed by atoms with Gasteiger partial charge in [-0.25, -0.2) is 16.8 Å². The van der Waals surface area contributed by atoms with Gasteiger partial charge in [0, 0.05) is 0 Å². The number of rotatable bonds is 8. The van der Waals surface area contributed by atoms with Crippen molar-refractivity contribution in [2.45, 2.75) is 11.0 Å². The molecule has 6 rings (SSSR count). The van der Waals surface area contributed by atoms with E-state index in [1.165, 1.54) is 31.8 Å². The first kappa shape index (κ1) is 44.0. The minimum atomic E-state index is -6.09. The highest BCUT2D eigenvalue weighted by atomic mass is 32.2. The van der Waals surface area contributed by atoms with Gasteiger partial charge in [0.2, 0.25) is 0 Å². The third-order valence-corrected chi connectivity index (χ3v) is 17.3. The molecule has 0 unspecified atom stereocenters. The largest absolute Gasteiger partial charge is 0.741 e. The molecule has 0 atom stereocenters. The van der Waals surface area contributed by atoms with Crippen molar-refractivity contribution >= 4 is 66.6 Å². The van der Waals surface area contributed by atoms with Crippen LogP contribution in [0.1, 0.15) is 0 Å². The van der Waals surface area contributed by atoms with Crippen LogP contribution in [0.25, 0.3) is 0 Å². The van der Waals surface area contributed by atoms with Crippen LogP contribution in [0, 0.1) is 0 Å². The Morgan fingerprint density at radius 3 is 0.571 bits per heavy atom. The molecule has 0 bridgehead atoms. The van der Waals surface area contributed by atoms with E-state index in [1.54, 1.807) is 0 Å². The zero-order valence-electron chi connectivity index (χ0n) is 28.9. The SMILES string of the molecule is C(=C\[P+](c1ccccc1)(c1ccccc1)c1ccccc1)/[P+](c1ccccc1)(c1ccccc1)c1ccccc1.O=S(=O)([O-])C(F)(F)F.O=S(=O)([O-])C(F)(F)F. The minimum Gasteiger partial charge on any atom is -0.741 e. The first-order valence-electron chi connectivity index (χ1n) is 16.2. The Hall–Kier alpha value is -4.68. The summed E-state index contributed by atoms with van der Waals surface area (Å²) in [6.07, 6.45) is 0. The van der Waals surface area contributed by atoms with Gasteiger partial charge >= 0.3 is 11.0 Å². The molecule has 0 aliphatic heterocycles. The van der Waals surface area contributed by atoms with Crippen molar-refractivity contribution in [2.75, 3.05) is 0 Å². The second kappa shape index (κ2) is 18.5. The van der Waals surface area contributed by atoms with E-state index >= 15 is 0 Å². The average Bonchev–Trinajstić information content (AvgIpc) is 3.18. The maximum absolute atomic E-state index is 10.7. The van der Waals surface area contributed by atoms with Gasteiger partial charge in [-0.05, 0) is 72.8 Å². The molecule has 0 aliphatic rings. The molecule has 0 N–H and O–H groups in total. The summed E-state index contributed by atoms with van der Waals surface area (Å²) >= 11 is 0. The van der Waals surface area contributed by atoms with E-state index in [-0.39, 0.29) is 0 Å². The summed E-state index contributed by atoms with van der Waals surface area (Å²) in [6, 6.07) is 66.6. The van der Waals surface area contributed by atoms with Crippen LogP contribution in [0.15, 0.2) is 194 Å². The number of alkyl halides is 6. The van der Waals surface area contributed by atoms with Crippen LogP contribution in [0.2, 0.25) is 0 Å². The number of benzene rings is 6. The summed E-state index contributed by atoms with van der Waals surface area (Å²) in [5, 5.41) is 8.14. The van der Waals surface area contributed by atoms with Gasteiger partial charge in [-0.3, -0.25) is 0 Å². The van der Waals surface area contributed by atoms with E-state index in [9.17, 15) is 26.3 Å². The maximum Gasteiger partial charge on any atom is 0.485 e. The molecular weight excluding hydrogens is 817 g/mol. The van der Waals surface area contributed by atoms with Crippen molar-refractivity contribution in [3.8, 4) is 0 Å². The monoisotopic (exact) mass is 848 g/mol. The van der Waals surface area contributed by atoms with Gasteiger partial charge in [0.15, 0.2) is 20.2 Å². The number of hydrogen-bond donors (Lipinski definition) is 0. The molecule has 292 valence electrons. The zero-order valence-corrected chi connectivity index (χ0v) is 32.3. The fourth-order valence-corrected chi connectivity index (χ4v) is 13.9. The summed E-state index contributed by atoms with van der Waals surface area (Å²) in [5.74, 6) is 5.21. The van der Waals surface area contributed by atoms with Gasteiger partial charge in [0.1, 0.15) is 58.0 Å². The van der Waals surface area contributed by atoms with Crippen molar-refractivity contribution in [1.82, 2.24) is 0 Å². The van der Waals surface area contributed by atoms with Crippen molar-refractivity contribution in [3.05, 3.63) is 194 Å². The van der Waals surface area contributed by atoms with Gasteiger partial charge in [0.05, 0.1) is 0 Å². The predicted octanol–water partition coefficient (Wildman–Crippen LogP) is 7.55. The standard InChI is InChI=1S/C38H32P2.2CHF3O3S/c1-7-19-33(20-8-1)39(34-21-9-2-10-22-34,35-23-11-3-12-24-35)31-32-40(36-25-13-4-14-26-36,37-27-15-5-16-28-37)38-29-17-6-18-30-38;2*2-1(3,4)8(5,6)7/h1-32H;2*(H,5,6,7)/q+2;;/p-2/b32-31+;;. The van der Waals surface area contributed by atoms with Crippen LogP contribution in [0.4, 0.5) is 26.3 Å². The fraction of sp³-hybridized carbons (Fsp3) is 0.0500. The Morgan fingerprint density at radius 2 is 0.464 bits per heavy atom. The highest BCUT2D eigenvalue weighted by Gasteiger charge is 2.49. The lowest BCUT2D eigenvalue weighted by molar-refractivity contribution is -0.0522. The molecule has 16 heteroatoms. The highest BCUT2D eigenvalue weighted by molar-refractivity contribution is 8.01. The third kappa shape index (κ3) is 10.6. The molecule has 0 saturated heterocycles. The van der Waals surface area contributed by atoms with Crippen LogP contribution in [-0.2, 0) is 20.2 Å². The highest BCUT2D eigenvalue weighted by Crippen LogP contribution is 2.63. The quantitative estimate of drug-likeness (QED) is 0.0677. The van der Waals surface area contributed by atoms with E-state index in [0.717, 1.165) is 0 Å². The zero-order chi connectivity index (χ0) is 41.1. The molecule has 0 spiro atoms. The molecule has 0 aromatic heterocycles. The Balaban J connectivity index is 0.000000366. The molecule has 0 saturated carbocycles. The van der Waals surface area contributed by atoms with Gasteiger partial charge in [-0.1, -0.05) is 109 Å². The number of halogens is 6. The molecule has 56 heavy (non-hydrogen) atoms. The lowest BCUT2D eigenvalue weighted by atomic mass is 10.4. The van der Waals surface area contributed by atoms with E-state index in [4.69, 9.17) is 25.9 Å². The fourth-order valence-electron chi connectivity index (χ4n) is 5.59. The van der Waals surface area contributed by atoms with E-state index < -0.39 is 45.8 Å². The molecule has 0 heterocycles. The van der Waals surface area contributed by atoms with Crippen LogP contribution in [-0.4, -0.2) is 37.0 Å². The molecule has 0 radical (unpaired) electrons. The van der Waals surface area contributed by atoms with Crippen molar-refractivity contribution in [2.24, 2.45) is 0 Å². The van der Waals surface area contributed by atoms with Crippen molar-refractivity contribution < 1.29 is 52.3 Å². The molecule has 6 aromatic carbocycles. The average molecular weight is 849 g/mol. The minimum absolute atomic E-state index is 1.36. The second-order valence-electron chi connectivity index (χ2n) is 11.6. The van der Waals surface area contributed by atoms with Crippen LogP contribution in [0.3, 0.4) is 0 Å². The normalized spacial score (nSPS) is 12.5. The Kier molecular flexibility index (Phi) is 14.6. The first-order valence-corrected chi connectivity index (χ1v) is 22.7. The molecule has 6 nitrogen and oxygen atoms in total. The summed E-state index contributed by atoms with van der Waals surface area (Å²) in [4.78, 5) is 0. The summed E-state index contributed by atoms with van der Waals surface area (Å²) < 4.78 is 118. The van der Waals surface area contributed by atoms with Gasteiger partial charge < -0.3 is 9.11 Å². The first-order chi connectivity index (χ1) is 26.3. The van der Waals surface area contributed by atoms with Crippen LogP contribution in [0.5, 0.6) is 0 Å². The predicted molar refractivity (Wildman–Crippen MR) is 211 cm³/mol. The van der Waals surface area contributed by atoms with Crippen LogP contribution < -0.4 is 31.8 Å². The number of hydrogen-bond acceptors (Lipinski definition) is 6. The van der Waals surface area contributed by atoms with Crippen molar-refractivity contribution in [1.29, 1.82) is 0 Å². The topological polar surface area (TPSA) is 114 Å².